The maximum Gasteiger partial charge on any atom is 0.256 e. The van der Waals surface area contributed by atoms with Gasteiger partial charge in [0.1, 0.15) is 0 Å². The predicted molar refractivity (Wildman–Crippen MR) is 58.0 cm³/mol. The summed E-state index contributed by atoms with van der Waals surface area (Å²) in [5.41, 5.74) is 1.64. The van der Waals surface area contributed by atoms with Gasteiger partial charge in [-0.2, -0.15) is 0 Å². The molecule has 0 aliphatic carbocycles. The van der Waals surface area contributed by atoms with Crippen LogP contribution in [-0.4, -0.2) is 35.0 Å². The van der Waals surface area contributed by atoms with Crippen molar-refractivity contribution in [3.63, 3.8) is 0 Å². The zero-order valence-corrected chi connectivity index (χ0v) is 9.06. The molecule has 1 amide bonds. The Morgan fingerprint density at radius 3 is 3.25 bits per heavy atom. The van der Waals surface area contributed by atoms with E-state index in [1.165, 1.54) is 0 Å². The third-order valence-corrected chi connectivity index (χ3v) is 3.20. The molecule has 4 heteroatoms. The van der Waals surface area contributed by atoms with Gasteiger partial charge in [0.15, 0.2) is 0 Å². The summed E-state index contributed by atoms with van der Waals surface area (Å²) in [6.45, 7) is 2.17. The van der Waals surface area contributed by atoms with E-state index in [4.69, 9.17) is 4.74 Å². The molecule has 0 saturated carbocycles. The largest absolute Gasteiger partial charge is 0.376 e. The van der Waals surface area contributed by atoms with Crippen LogP contribution in [0.3, 0.4) is 0 Å². The number of fused-ring (bicyclic) bond motifs is 1. The molecule has 16 heavy (non-hydrogen) atoms. The van der Waals surface area contributed by atoms with E-state index in [2.05, 4.69) is 4.98 Å². The number of rotatable bonds is 2. The van der Waals surface area contributed by atoms with E-state index < -0.39 is 0 Å². The van der Waals surface area contributed by atoms with Gasteiger partial charge in [0.2, 0.25) is 0 Å². The van der Waals surface area contributed by atoms with Crippen molar-refractivity contribution in [2.75, 3.05) is 13.2 Å². The van der Waals surface area contributed by atoms with Crippen molar-refractivity contribution >= 4 is 5.91 Å². The maximum atomic E-state index is 12.0. The number of ether oxygens (including phenoxy) is 1. The first-order chi connectivity index (χ1) is 7.84. The molecule has 1 aromatic rings. The molecule has 0 aromatic carbocycles. The smallest absolute Gasteiger partial charge is 0.256 e. The Bertz CT molecular complexity index is 413. The van der Waals surface area contributed by atoms with Crippen molar-refractivity contribution < 1.29 is 9.53 Å². The minimum Gasteiger partial charge on any atom is -0.376 e. The Morgan fingerprint density at radius 1 is 1.56 bits per heavy atom. The summed E-state index contributed by atoms with van der Waals surface area (Å²) in [4.78, 5) is 18.1. The average Bonchev–Trinajstić information content (AvgIpc) is 2.90. The van der Waals surface area contributed by atoms with Crippen LogP contribution in [0.15, 0.2) is 18.3 Å². The molecule has 1 atom stereocenters. The van der Waals surface area contributed by atoms with E-state index in [1.807, 2.05) is 17.0 Å². The van der Waals surface area contributed by atoms with Crippen LogP contribution in [0.5, 0.6) is 0 Å². The fourth-order valence-electron chi connectivity index (χ4n) is 2.36. The van der Waals surface area contributed by atoms with Gasteiger partial charge in [-0.15, -0.1) is 0 Å². The Hall–Kier alpha value is -1.42. The molecule has 2 aliphatic heterocycles. The first-order valence-corrected chi connectivity index (χ1v) is 5.69. The minimum absolute atomic E-state index is 0.0959. The van der Waals surface area contributed by atoms with Crippen LogP contribution in [0.25, 0.3) is 0 Å². The standard InChI is InChI=1S/C12H14N2O2/c15-12-10-4-1-5-13-11(10)8-14(12)7-9-3-2-6-16-9/h1,4-5,9H,2-3,6-8H2. The Labute approximate surface area is 94.2 Å². The number of carbonyl (C=O) groups is 1. The second-order valence-corrected chi connectivity index (χ2v) is 4.32. The lowest BCUT2D eigenvalue weighted by atomic mass is 10.2. The lowest BCUT2D eigenvalue weighted by Gasteiger charge is -2.19. The predicted octanol–water partition coefficient (Wildman–Crippen LogP) is 1.22. The number of pyridine rings is 1. The lowest BCUT2D eigenvalue weighted by Crippen LogP contribution is -2.32. The number of nitrogens with zero attached hydrogens (tertiary/aromatic N) is 2. The Balaban J connectivity index is 1.74. The van der Waals surface area contributed by atoms with Crippen LogP contribution in [0.1, 0.15) is 28.9 Å². The molecule has 1 saturated heterocycles. The molecule has 3 rings (SSSR count). The minimum atomic E-state index is 0.0959. The SMILES string of the molecule is O=C1c2cccnc2CN1CC1CCCO1. The van der Waals surface area contributed by atoms with Crippen LogP contribution in [0.4, 0.5) is 0 Å². The second kappa shape index (κ2) is 3.87. The molecule has 1 aromatic heterocycles. The van der Waals surface area contributed by atoms with Crippen LogP contribution in [-0.2, 0) is 11.3 Å². The molecular formula is C12H14N2O2. The fraction of sp³-hybridized carbons (Fsp3) is 0.500. The number of carbonyl (C=O) groups excluding carboxylic acids is 1. The highest BCUT2D eigenvalue weighted by molar-refractivity contribution is 5.97. The summed E-state index contributed by atoms with van der Waals surface area (Å²) in [7, 11) is 0. The summed E-state index contributed by atoms with van der Waals surface area (Å²) >= 11 is 0. The summed E-state index contributed by atoms with van der Waals surface area (Å²) in [6.07, 6.45) is 4.13. The van der Waals surface area contributed by atoms with Crippen LogP contribution >= 0.6 is 0 Å². The highest BCUT2D eigenvalue weighted by Gasteiger charge is 2.30. The lowest BCUT2D eigenvalue weighted by molar-refractivity contribution is 0.0544. The van der Waals surface area contributed by atoms with Crippen LogP contribution in [0, 0.1) is 0 Å². The third-order valence-electron chi connectivity index (χ3n) is 3.20. The zero-order valence-electron chi connectivity index (χ0n) is 9.06. The number of amides is 1. The second-order valence-electron chi connectivity index (χ2n) is 4.32. The van der Waals surface area contributed by atoms with Gasteiger partial charge in [-0.1, -0.05) is 0 Å². The van der Waals surface area contributed by atoms with Crippen molar-refractivity contribution in [1.82, 2.24) is 9.88 Å². The summed E-state index contributed by atoms with van der Waals surface area (Å²) in [6, 6.07) is 3.66. The average molecular weight is 218 g/mol. The number of hydrogen-bond acceptors (Lipinski definition) is 3. The van der Waals surface area contributed by atoms with E-state index >= 15 is 0 Å². The highest BCUT2D eigenvalue weighted by atomic mass is 16.5. The first-order valence-electron chi connectivity index (χ1n) is 5.69. The first kappa shape index (κ1) is 9.78. The molecule has 0 radical (unpaired) electrons. The monoisotopic (exact) mass is 218 g/mol. The van der Waals surface area contributed by atoms with Gasteiger partial charge >= 0.3 is 0 Å². The highest BCUT2D eigenvalue weighted by Crippen LogP contribution is 2.22. The Morgan fingerprint density at radius 2 is 2.50 bits per heavy atom. The molecule has 3 heterocycles. The maximum absolute atomic E-state index is 12.0. The van der Waals surface area contributed by atoms with E-state index in [0.29, 0.717) is 13.1 Å². The topological polar surface area (TPSA) is 42.4 Å². The molecule has 0 N–H and O–H groups in total. The van der Waals surface area contributed by atoms with Gasteiger partial charge in [0.25, 0.3) is 5.91 Å². The van der Waals surface area contributed by atoms with E-state index in [-0.39, 0.29) is 12.0 Å². The zero-order chi connectivity index (χ0) is 11.0. The Kier molecular flexibility index (Phi) is 2.36. The fourth-order valence-corrected chi connectivity index (χ4v) is 2.36. The quantitative estimate of drug-likeness (QED) is 0.749. The number of hydrogen-bond donors (Lipinski definition) is 0. The van der Waals surface area contributed by atoms with Gasteiger partial charge in [-0.25, -0.2) is 0 Å². The third kappa shape index (κ3) is 1.59. The molecule has 0 spiro atoms. The number of aromatic nitrogens is 1. The summed E-state index contributed by atoms with van der Waals surface area (Å²) in [5.74, 6) is 0.0959. The van der Waals surface area contributed by atoms with Crippen molar-refractivity contribution in [2.24, 2.45) is 0 Å². The van der Waals surface area contributed by atoms with Gasteiger partial charge in [0.05, 0.1) is 23.9 Å². The van der Waals surface area contributed by atoms with Crippen molar-refractivity contribution in [1.29, 1.82) is 0 Å². The van der Waals surface area contributed by atoms with Crippen molar-refractivity contribution in [2.45, 2.75) is 25.5 Å². The van der Waals surface area contributed by atoms with Crippen LogP contribution in [0.2, 0.25) is 0 Å². The molecule has 0 bridgehead atoms. The molecule has 4 nitrogen and oxygen atoms in total. The van der Waals surface area contributed by atoms with Crippen LogP contribution < -0.4 is 0 Å². The normalized spacial score (nSPS) is 23.9. The molecule has 1 fully saturated rings. The van der Waals surface area contributed by atoms with Gasteiger partial charge in [0, 0.05) is 19.3 Å². The van der Waals surface area contributed by atoms with E-state index in [1.54, 1.807) is 6.20 Å². The molecule has 84 valence electrons. The molecule has 1 unspecified atom stereocenters. The van der Waals surface area contributed by atoms with E-state index in [0.717, 1.165) is 30.7 Å². The summed E-state index contributed by atoms with van der Waals surface area (Å²) < 4.78 is 5.55. The van der Waals surface area contributed by atoms with Crippen molar-refractivity contribution in [3.8, 4) is 0 Å². The summed E-state index contributed by atoms with van der Waals surface area (Å²) in [5, 5.41) is 0. The van der Waals surface area contributed by atoms with Gasteiger partial charge in [-0.05, 0) is 25.0 Å². The molecular weight excluding hydrogens is 204 g/mol. The van der Waals surface area contributed by atoms with E-state index in [9.17, 15) is 4.79 Å². The van der Waals surface area contributed by atoms with Gasteiger partial charge < -0.3 is 9.64 Å². The van der Waals surface area contributed by atoms with Gasteiger partial charge in [-0.3, -0.25) is 9.78 Å². The van der Waals surface area contributed by atoms with Crippen molar-refractivity contribution in [3.05, 3.63) is 29.6 Å². The molecule has 2 aliphatic rings.